The van der Waals surface area contributed by atoms with Crippen LogP contribution in [0.2, 0.25) is 0 Å². The predicted octanol–water partition coefficient (Wildman–Crippen LogP) is 2.89. The fourth-order valence-corrected chi connectivity index (χ4v) is 2.46. The Labute approximate surface area is 110 Å². The predicted molar refractivity (Wildman–Crippen MR) is 73.9 cm³/mol. The first-order valence-electron chi connectivity index (χ1n) is 6.95. The summed E-state index contributed by atoms with van der Waals surface area (Å²) in [6.07, 6.45) is 4.28. The maximum Gasteiger partial charge on any atom is 0.216 e. The number of aryl methyl sites for hydroxylation is 1. The molecule has 2 heterocycles. The summed E-state index contributed by atoms with van der Waals surface area (Å²) in [5.74, 6) is 1.48. The monoisotopic (exact) mass is 248 g/mol. The number of nitrogens with zero attached hydrogens (tertiary/aromatic N) is 2. The molecule has 0 spiro atoms. The molecule has 1 aliphatic heterocycles. The Balaban J connectivity index is 1.77. The van der Waals surface area contributed by atoms with E-state index in [1.165, 1.54) is 25.9 Å². The third kappa shape index (κ3) is 3.45. The van der Waals surface area contributed by atoms with Crippen LogP contribution in [-0.2, 0) is 0 Å². The maximum absolute atomic E-state index is 5.84. The number of piperidine rings is 1. The number of ether oxygens (including phenoxy) is 1. The van der Waals surface area contributed by atoms with Crippen LogP contribution in [0.25, 0.3) is 0 Å². The molecule has 0 amide bonds. The molecule has 0 aromatic carbocycles. The van der Waals surface area contributed by atoms with E-state index in [1.807, 2.05) is 19.1 Å². The van der Waals surface area contributed by atoms with Crippen molar-refractivity contribution in [1.29, 1.82) is 0 Å². The van der Waals surface area contributed by atoms with Gasteiger partial charge in [0.25, 0.3) is 0 Å². The van der Waals surface area contributed by atoms with Crippen molar-refractivity contribution >= 4 is 0 Å². The van der Waals surface area contributed by atoms with Crippen LogP contribution in [0.15, 0.2) is 18.3 Å². The van der Waals surface area contributed by atoms with E-state index in [-0.39, 0.29) is 0 Å². The van der Waals surface area contributed by atoms with Crippen molar-refractivity contribution in [2.24, 2.45) is 5.92 Å². The maximum atomic E-state index is 5.84. The van der Waals surface area contributed by atoms with Gasteiger partial charge < -0.3 is 9.64 Å². The lowest BCUT2D eigenvalue weighted by Gasteiger charge is -2.34. The van der Waals surface area contributed by atoms with Gasteiger partial charge in [-0.15, -0.1) is 0 Å². The topological polar surface area (TPSA) is 25.4 Å². The van der Waals surface area contributed by atoms with E-state index in [4.69, 9.17) is 4.74 Å². The second kappa shape index (κ2) is 6.19. The van der Waals surface area contributed by atoms with Crippen molar-refractivity contribution in [3.8, 4) is 5.88 Å². The Morgan fingerprint density at radius 3 is 2.72 bits per heavy atom. The number of hydrogen-bond acceptors (Lipinski definition) is 3. The van der Waals surface area contributed by atoms with E-state index in [9.17, 15) is 0 Å². The summed E-state index contributed by atoms with van der Waals surface area (Å²) in [6.45, 7) is 9.80. The van der Waals surface area contributed by atoms with E-state index in [2.05, 4.69) is 23.7 Å². The lowest BCUT2D eigenvalue weighted by Crippen LogP contribution is -2.39. The van der Waals surface area contributed by atoms with Crippen LogP contribution in [0, 0.1) is 12.8 Å². The molecule has 0 unspecified atom stereocenters. The first kappa shape index (κ1) is 13.3. The van der Waals surface area contributed by atoms with Crippen LogP contribution < -0.4 is 4.74 Å². The number of aromatic nitrogens is 1. The van der Waals surface area contributed by atoms with Gasteiger partial charge in [0.15, 0.2) is 0 Å². The fraction of sp³-hybridized carbons (Fsp3) is 0.667. The van der Waals surface area contributed by atoms with E-state index >= 15 is 0 Å². The third-order valence-electron chi connectivity index (χ3n) is 3.80. The quantitative estimate of drug-likeness (QED) is 0.819. The Morgan fingerprint density at radius 1 is 1.39 bits per heavy atom. The number of likely N-dealkylation sites (tertiary alicyclic amines) is 1. The molecule has 0 atom stereocenters. The second-order valence-corrected chi connectivity index (χ2v) is 5.51. The highest BCUT2D eigenvalue weighted by Crippen LogP contribution is 2.21. The average Bonchev–Trinajstić information content (AvgIpc) is 2.38. The molecule has 3 heteroatoms. The highest BCUT2D eigenvalue weighted by Gasteiger charge is 2.21. The zero-order valence-electron chi connectivity index (χ0n) is 11.7. The molecule has 1 saturated heterocycles. The number of hydrogen-bond donors (Lipinski definition) is 0. The molecule has 0 N–H and O–H groups in total. The van der Waals surface area contributed by atoms with Gasteiger partial charge in [0.1, 0.15) is 0 Å². The van der Waals surface area contributed by atoms with Gasteiger partial charge >= 0.3 is 0 Å². The molecule has 1 aromatic rings. The number of pyridine rings is 1. The van der Waals surface area contributed by atoms with Crippen molar-refractivity contribution in [2.45, 2.75) is 39.7 Å². The van der Waals surface area contributed by atoms with Crippen molar-refractivity contribution in [1.82, 2.24) is 9.88 Å². The molecule has 1 aromatic heterocycles. The Morgan fingerprint density at radius 2 is 2.11 bits per heavy atom. The molecule has 0 bridgehead atoms. The summed E-state index contributed by atoms with van der Waals surface area (Å²) in [7, 11) is 0. The fourth-order valence-electron chi connectivity index (χ4n) is 2.46. The zero-order chi connectivity index (χ0) is 13.0. The van der Waals surface area contributed by atoms with Crippen LogP contribution >= 0.6 is 0 Å². The number of rotatable bonds is 4. The van der Waals surface area contributed by atoms with Gasteiger partial charge in [-0.2, -0.15) is 0 Å². The van der Waals surface area contributed by atoms with Crippen molar-refractivity contribution < 1.29 is 4.74 Å². The molecule has 0 saturated carbocycles. The normalized spacial score (nSPS) is 18.2. The second-order valence-electron chi connectivity index (χ2n) is 5.51. The molecule has 0 radical (unpaired) electrons. The first-order valence-corrected chi connectivity index (χ1v) is 6.95. The molecular formula is C15H24N2O. The van der Waals surface area contributed by atoms with Crippen molar-refractivity contribution in [2.75, 3.05) is 19.7 Å². The van der Waals surface area contributed by atoms with Gasteiger partial charge in [0.05, 0.1) is 6.61 Å². The van der Waals surface area contributed by atoms with Gasteiger partial charge in [0.2, 0.25) is 5.88 Å². The minimum atomic E-state index is 0.671. The Hall–Kier alpha value is -1.09. The minimum Gasteiger partial charge on any atom is -0.477 e. The Bertz CT molecular complexity index is 371. The summed E-state index contributed by atoms with van der Waals surface area (Å²) in [4.78, 5) is 6.82. The minimum absolute atomic E-state index is 0.671. The molecule has 18 heavy (non-hydrogen) atoms. The molecule has 0 aliphatic carbocycles. The van der Waals surface area contributed by atoms with E-state index in [0.717, 1.165) is 18.1 Å². The Kier molecular flexibility index (Phi) is 4.59. The standard InChI is InChI=1S/C15H24N2O/c1-12(2)17-9-6-14(7-10-17)11-18-15-13(3)5-4-8-16-15/h4-5,8,12,14H,6-7,9-11H2,1-3H3. The molecule has 1 aliphatic rings. The largest absolute Gasteiger partial charge is 0.477 e. The van der Waals surface area contributed by atoms with Crippen LogP contribution in [0.4, 0.5) is 0 Å². The smallest absolute Gasteiger partial charge is 0.216 e. The average molecular weight is 248 g/mol. The summed E-state index contributed by atoms with van der Waals surface area (Å²) in [6, 6.07) is 4.66. The van der Waals surface area contributed by atoms with E-state index < -0.39 is 0 Å². The third-order valence-corrected chi connectivity index (χ3v) is 3.80. The highest BCUT2D eigenvalue weighted by molar-refractivity contribution is 5.23. The van der Waals surface area contributed by atoms with Crippen LogP contribution in [0.3, 0.4) is 0 Å². The van der Waals surface area contributed by atoms with Gasteiger partial charge in [-0.25, -0.2) is 4.98 Å². The molecule has 100 valence electrons. The molecular weight excluding hydrogens is 224 g/mol. The van der Waals surface area contributed by atoms with Gasteiger partial charge in [-0.1, -0.05) is 6.07 Å². The summed E-state index contributed by atoms with van der Waals surface area (Å²) >= 11 is 0. The van der Waals surface area contributed by atoms with Crippen molar-refractivity contribution in [3.05, 3.63) is 23.9 Å². The van der Waals surface area contributed by atoms with Crippen molar-refractivity contribution in [3.63, 3.8) is 0 Å². The molecule has 3 nitrogen and oxygen atoms in total. The van der Waals surface area contributed by atoms with Gasteiger partial charge in [-0.3, -0.25) is 0 Å². The van der Waals surface area contributed by atoms with Gasteiger partial charge in [-0.05, 0) is 58.7 Å². The molecule has 2 rings (SSSR count). The van der Waals surface area contributed by atoms with E-state index in [1.54, 1.807) is 6.20 Å². The van der Waals surface area contributed by atoms with Crippen LogP contribution in [-0.4, -0.2) is 35.6 Å². The summed E-state index contributed by atoms with van der Waals surface area (Å²) in [5.41, 5.74) is 1.12. The van der Waals surface area contributed by atoms with Crippen LogP contribution in [0.5, 0.6) is 5.88 Å². The summed E-state index contributed by atoms with van der Waals surface area (Å²) < 4.78 is 5.84. The van der Waals surface area contributed by atoms with Gasteiger partial charge in [0, 0.05) is 17.8 Å². The first-order chi connectivity index (χ1) is 8.66. The summed E-state index contributed by atoms with van der Waals surface area (Å²) in [5, 5.41) is 0. The highest BCUT2D eigenvalue weighted by atomic mass is 16.5. The lowest BCUT2D eigenvalue weighted by atomic mass is 9.97. The SMILES string of the molecule is Cc1cccnc1OCC1CCN(C(C)C)CC1. The van der Waals surface area contributed by atoms with E-state index in [0.29, 0.717) is 12.0 Å². The lowest BCUT2D eigenvalue weighted by molar-refractivity contribution is 0.117. The van der Waals surface area contributed by atoms with Crippen LogP contribution in [0.1, 0.15) is 32.3 Å². The molecule has 1 fully saturated rings. The zero-order valence-corrected chi connectivity index (χ0v) is 11.7.